The number of hydrogen-bond donors (Lipinski definition) is 1. The van der Waals surface area contributed by atoms with Crippen LogP contribution < -0.4 is 5.73 Å². The summed E-state index contributed by atoms with van der Waals surface area (Å²) in [6.45, 7) is 9.40. The predicted molar refractivity (Wildman–Crippen MR) is 117 cm³/mol. The van der Waals surface area contributed by atoms with E-state index in [4.69, 9.17) is 5.73 Å². The largest absolute Gasteiger partial charge is 0.401 e. The predicted octanol–water partition coefficient (Wildman–Crippen LogP) is 6.26. The second-order valence-electron chi connectivity index (χ2n) is 7.66. The molecule has 1 saturated carbocycles. The molecular formula is C25H29FN2. The molecule has 2 aliphatic rings. The number of nitrogens with zero attached hydrogens (tertiary/aromatic N) is 1. The summed E-state index contributed by atoms with van der Waals surface area (Å²) >= 11 is 0. The zero-order valence-corrected chi connectivity index (χ0v) is 16.7. The van der Waals surface area contributed by atoms with Gasteiger partial charge in [-0.15, -0.1) is 0 Å². The lowest BCUT2D eigenvalue weighted by Gasteiger charge is -2.29. The van der Waals surface area contributed by atoms with Gasteiger partial charge in [-0.25, -0.2) is 4.39 Å². The number of hydrogen-bond acceptors (Lipinski definition) is 2. The average molecular weight is 377 g/mol. The first kappa shape index (κ1) is 20.1. The van der Waals surface area contributed by atoms with Crippen molar-refractivity contribution in [1.29, 1.82) is 0 Å². The molecule has 1 fully saturated rings. The van der Waals surface area contributed by atoms with Crippen molar-refractivity contribution in [2.75, 3.05) is 0 Å². The van der Waals surface area contributed by atoms with Gasteiger partial charge >= 0.3 is 0 Å². The number of benzene rings is 1. The van der Waals surface area contributed by atoms with Gasteiger partial charge in [-0.1, -0.05) is 49.4 Å². The molecule has 0 atom stereocenters. The van der Waals surface area contributed by atoms with E-state index in [-0.39, 0.29) is 5.82 Å². The summed E-state index contributed by atoms with van der Waals surface area (Å²) in [5.74, 6) is 0.315. The fourth-order valence-electron chi connectivity index (χ4n) is 3.80. The Morgan fingerprint density at radius 3 is 2.61 bits per heavy atom. The Morgan fingerprint density at radius 2 is 2.04 bits per heavy atom. The fourth-order valence-corrected chi connectivity index (χ4v) is 3.80. The second kappa shape index (κ2) is 9.01. The highest BCUT2D eigenvalue weighted by Crippen LogP contribution is 2.40. The van der Waals surface area contributed by atoms with Crippen LogP contribution in [0.25, 0.3) is 0 Å². The quantitative estimate of drug-likeness (QED) is 0.534. The third-order valence-corrected chi connectivity index (χ3v) is 5.62. The number of rotatable bonds is 8. The Labute approximate surface area is 167 Å². The summed E-state index contributed by atoms with van der Waals surface area (Å²) in [4.78, 5) is 4.32. The molecule has 3 heteroatoms. The first-order chi connectivity index (χ1) is 13.5. The second-order valence-corrected chi connectivity index (χ2v) is 7.66. The van der Waals surface area contributed by atoms with Crippen molar-refractivity contribution in [2.45, 2.75) is 51.4 Å². The van der Waals surface area contributed by atoms with E-state index in [1.165, 1.54) is 17.6 Å². The maximum Gasteiger partial charge on any atom is 0.136 e. The molecule has 1 aromatic carbocycles. The number of aliphatic imine (C=N–C) groups is 1. The van der Waals surface area contributed by atoms with Gasteiger partial charge < -0.3 is 5.73 Å². The lowest BCUT2D eigenvalue weighted by Crippen LogP contribution is -2.15. The van der Waals surface area contributed by atoms with Crippen molar-refractivity contribution in [2.24, 2.45) is 10.7 Å². The van der Waals surface area contributed by atoms with Gasteiger partial charge in [0.1, 0.15) is 5.82 Å². The molecule has 0 aromatic heterocycles. The lowest BCUT2D eigenvalue weighted by molar-refractivity contribution is 0.414. The van der Waals surface area contributed by atoms with E-state index in [0.717, 1.165) is 36.8 Å². The molecular weight excluding hydrogens is 347 g/mol. The Balaban J connectivity index is 1.91. The van der Waals surface area contributed by atoms with Gasteiger partial charge in [0.25, 0.3) is 0 Å². The van der Waals surface area contributed by atoms with Gasteiger partial charge in [0.05, 0.1) is 5.71 Å². The molecule has 1 aromatic rings. The van der Waals surface area contributed by atoms with Crippen LogP contribution in [0.3, 0.4) is 0 Å². The molecule has 0 bridgehead atoms. The van der Waals surface area contributed by atoms with Crippen LogP contribution in [0, 0.1) is 5.82 Å². The topological polar surface area (TPSA) is 38.4 Å². The molecule has 3 rings (SSSR count). The highest BCUT2D eigenvalue weighted by atomic mass is 19.1. The van der Waals surface area contributed by atoms with Crippen LogP contribution in [0.4, 0.5) is 4.39 Å². The van der Waals surface area contributed by atoms with E-state index in [2.05, 4.69) is 36.4 Å². The Hall–Kier alpha value is -2.68. The average Bonchev–Trinajstić information content (AvgIpc) is 3.09. The molecule has 2 N–H and O–H groups in total. The Bertz CT molecular complexity index is 891. The molecule has 0 spiro atoms. The van der Waals surface area contributed by atoms with E-state index in [9.17, 15) is 0 Å². The minimum absolute atomic E-state index is 0.165. The van der Waals surface area contributed by atoms with Crippen molar-refractivity contribution >= 4 is 5.71 Å². The third kappa shape index (κ3) is 4.41. The smallest absolute Gasteiger partial charge is 0.136 e. The maximum atomic E-state index is 15.6. The van der Waals surface area contributed by atoms with Crippen LogP contribution >= 0.6 is 0 Å². The van der Waals surface area contributed by atoms with Crippen LogP contribution in [-0.2, 0) is 6.42 Å². The van der Waals surface area contributed by atoms with Gasteiger partial charge in [-0.3, -0.25) is 4.99 Å². The standard InChI is InChI=1S/C25H29FN2/c1-4-18-9-10-19(15-18)11-12-22-21(20-7-6-8-20)13-14-23(25(22)26)24(5-2)28-16-17(3)27/h4-5,9-10,13-14,16,20H,1-2,6-8,11-12,15,27H2,3H3/b17-16+,28-24+. The SMILES string of the molecule is C=CC1=CC=C(CCc2c(C3CCC3)ccc(/C(C=C)=N/C=C(\C)N)c2F)C1. The number of allylic oxidation sites excluding steroid dienone is 7. The first-order valence-electron chi connectivity index (χ1n) is 9.98. The molecule has 0 unspecified atom stereocenters. The molecule has 0 amide bonds. The van der Waals surface area contributed by atoms with E-state index in [0.29, 0.717) is 29.3 Å². The van der Waals surface area contributed by atoms with E-state index < -0.39 is 0 Å². The summed E-state index contributed by atoms with van der Waals surface area (Å²) in [7, 11) is 0. The highest BCUT2D eigenvalue weighted by molar-refractivity contribution is 6.09. The third-order valence-electron chi connectivity index (χ3n) is 5.62. The van der Waals surface area contributed by atoms with Gasteiger partial charge in [0.2, 0.25) is 0 Å². The summed E-state index contributed by atoms with van der Waals surface area (Å²) in [5, 5.41) is 0. The summed E-state index contributed by atoms with van der Waals surface area (Å²) < 4.78 is 15.6. The van der Waals surface area contributed by atoms with Crippen molar-refractivity contribution in [1.82, 2.24) is 0 Å². The minimum atomic E-state index is -0.165. The van der Waals surface area contributed by atoms with Crippen LogP contribution in [0.5, 0.6) is 0 Å². The number of halogens is 1. The molecule has 0 radical (unpaired) electrons. The number of nitrogens with two attached hydrogens (primary N) is 1. The molecule has 0 aliphatic heterocycles. The van der Waals surface area contributed by atoms with Gasteiger partial charge in [0.15, 0.2) is 0 Å². The maximum absolute atomic E-state index is 15.6. The molecule has 146 valence electrons. The van der Waals surface area contributed by atoms with Crippen LogP contribution in [-0.4, -0.2) is 5.71 Å². The fraction of sp³-hybridized carbons (Fsp3) is 0.320. The van der Waals surface area contributed by atoms with Crippen molar-refractivity contribution < 1.29 is 4.39 Å². The lowest BCUT2D eigenvalue weighted by atomic mass is 9.76. The van der Waals surface area contributed by atoms with Gasteiger partial charge in [0, 0.05) is 17.5 Å². The van der Waals surface area contributed by atoms with Crippen LogP contribution in [0.15, 0.2) is 77.6 Å². The van der Waals surface area contributed by atoms with E-state index >= 15 is 4.39 Å². The van der Waals surface area contributed by atoms with E-state index in [1.807, 2.05) is 12.1 Å². The normalized spacial score (nSPS) is 17.8. The Morgan fingerprint density at radius 1 is 1.25 bits per heavy atom. The van der Waals surface area contributed by atoms with Crippen molar-refractivity contribution in [3.8, 4) is 0 Å². The van der Waals surface area contributed by atoms with Gasteiger partial charge in [-0.05, 0) is 73.8 Å². The van der Waals surface area contributed by atoms with Gasteiger partial charge in [-0.2, -0.15) is 0 Å². The molecule has 2 nitrogen and oxygen atoms in total. The molecule has 0 saturated heterocycles. The Kier molecular flexibility index (Phi) is 6.45. The van der Waals surface area contributed by atoms with Crippen LogP contribution in [0.1, 0.15) is 61.6 Å². The first-order valence-corrected chi connectivity index (χ1v) is 9.98. The summed E-state index contributed by atoms with van der Waals surface area (Å²) in [6.07, 6.45) is 15.3. The van der Waals surface area contributed by atoms with Crippen LogP contribution in [0.2, 0.25) is 0 Å². The van der Waals surface area contributed by atoms with Crippen molar-refractivity contribution in [3.63, 3.8) is 0 Å². The summed E-state index contributed by atoms with van der Waals surface area (Å²) in [5.41, 5.74) is 11.8. The minimum Gasteiger partial charge on any atom is -0.401 e. The molecule has 0 heterocycles. The zero-order chi connectivity index (χ0) is 20.1. The monoisotopic (exact) mass is 376 g/mol. The highest BCUT2D eigenvalue weighted by Gasteiger charge is 2.25. The summed E-state index contributed by atoms with van der Waals surface area (Å²) in [6, 6.07) is 3.94. The molecule has 2 aliphatic carbocycles. The molecule has 28 heavy (non-hydrogen) atoms. The van der Waals surface area contributed by atoms with Crippen molar-refractivity contribution in [3.05, 3.63) is 95.1 Å². The zero-order valence-electron chi connectivity index (χ0n) is 16.7. The van der Waals surface area contributed by atoms with E-state index in [1.54, 1.807) is 19.2 Å².